The Kier molecular flexibility index (Phi) is 5.58. The third-order valence-corrected chi connectivity index (χ3v) is 3.52. The number of aromatic amines is 1. The summed E-state index contributed by atoms with van der Waals surface area (Å²) in [6.45, 7) is 7.69. The van der Waals surface area contributed by atoms with E-state index in [1.807, 2.05) is 13.8 Å². The second-order valence-corrected chi connectivity index (χ2v) is 6.27. The van der Waals surface area contributed by atoms with Gasteiger partial charge in [-0.3, -0.25) is 4.72 Å². The molecule has 0 saturated heterocycles. The van der Waals surface area contributed by atoms with Crippen molar-refractivity contribution in [1.82, 2.24) is 9.71 Å². The fraction of sp³-hybridized carbons (Fsp3) is 0.583. The number of hydrogen-bond donors (Lipinski definition) is 3. The van der Waals surface area contributed by atoms with E-state index in [9.17, 15) is 13.2 Å². The molecule has 0 spiro atoms. The lowest BCUT2D eigenvalue weighted by Crippen LogP contribution is -2.33. The van der Waals surface area contributed by atoms with Gasteiger partial charge in [-0.15, -0.1) is 0 Å². The van der Waals surface area contributed by atoms with Crippen LogP contribution in [0.25, 0.3) is 0 Å². The van der Waals surface area contributed by atoms with Gasteiger partial charge in [0.1, 0.15) is 5.56 Å². The lowest BCUT2D eigenvalue weighted by Gasteiger charge is -2.11. The third kappa shape index (κ3) is 4.53. The maximum absolute atomic E-state index is 11.9. The minimum absolute atomic E-state index is 0.178. The van der Waals surface area contributed by atoms with Gasteiger partial charge >= 0.3 is 5.97 Å². The predicted octanol–water partition coefficient (Wildman–Crippen LogP) is 1.40. The number of aromatic nitrogens is 1. The number of hydrogen-bond acceptors (Lipinski definition) is 4. The first kappa shape index (κ1) is 16.5. The van der Waals surface area contributed by atoms with Crippen LogP contribution in [0.4, 0.5) is 5.69 Å². The van der Waals surface area contributed by atoms with Gasteiger partial charge in [-0.25, -0.2) is 4.79 Å². The molecule has 0 aromatic carbocycles. The van der Waals surface area contributed by atoms with Crippen LogP contribution in [0.1, 0.15) is 36.8 Å². The highest BCUT2D eigenvalue weighted by Gasteiger charge is 2.21. The van der Waals surface area contributed by atoms with Crippen molar-refractivity contribution in [3.05, 3.63) is 17.5 Å². The Morgan fingerprint density at radius 2 is 2.10 bits per heavy atom. The largest absolute Gasteiger partial charge is 0.462 e. The summed E-state index contributed by atoms with van der Waals surface area (Å²) >= 11 is 0. The molecule has 0 unspecified atom stereocenters. The molecule has 0 radical (unpaired) electrons. The van der Waals surface area contributed by atoms with Gasteiger partial charge in [-0.1, -0.05) is 13.8 Å². The molecule has 0 amide bonds. The number of H-pyrrole nitrogens is 1. The molecule has 0 aliphatic rings. The molecular weight excluding hydrogens is 282 g/mol. The van der Waals surface area contributed by atoms with Gasteiger partial charge in [-0.05, 0) is 19.8 Å². The van der Waals surface area contributed by atoms with E-state index in [4.69, 9.17) is 4.74 Å². The summed E-state index contributed by atoms with van der Waals surface area (Å²) in [6.07, 6.45) is 1.43. The normalized spacial score (nSPS) is 11.7. The lowest BCUT2D eigenvalue weighted by molar-refractivity contribution is 0.0527. The second kappa shape index (κ2) is 6.76. The molecule has 1 rings (SSSR count). The van der Waals surface area contributed by atoms with Gasteiger partial charge in [0, 0.05) is 18.4 Å². The van der Waals surface area contributed by atoms with Crippen molar-refractivity contribution in [3.63, 3.8) is 0 Å². The van der Waals surface area contributed by atoms with Gasteiger partial charge in [0.05, 0.1) is 12.3 Å². The highest BCUT2D eigenvalue weighted by Crippen LogP contribution is 2.21. The van der Waals surface area contributed by atoms with E-state index < -0.39 is 16.2 Å². The molecule has 114 valence electrons. The standard InChI is InChI=1S/C12H21N3O4S/c1-5-19-12(16)11-9(4)13-7-10(11)15-20(17,18)14-6-8(2)3/h7-8,13-15H,5-6H2,1-4H3. The van der Waals surface area contributed by atoms with Crippen molar-refractivity contribution < 1.29 is 17.9 Å². The van der Waals surface area contributed by atoms with E-state index in [1.165, 1.54) is 6.20 Å². The zero-order chi connectivity index (χ0) is 15.3. The van der Waals surface area contributed by atoms with Gasteiger partial charge < -0.3 is 9.72 Å². The number of anilines is 1. The van der Waals surface area contributed by atoms with E-state index in [0.29, 0.717) is 12.2 Å². The van der Waals surface area contributed by atoms with Crippen molar-refractivity contribution in [2.45, 2.75) is 27.7 Å². The van der Waals surface area contributed by atoms with Crippen LogP contribution in [0.2, 0.25) is 0 Å². The summed E-state index contributed by atoms with van der Waals surface area (Å²) in [5.74, 6) is -0.378. The fourth-order valence-corrected chi connectivity index (χ4v) is 2.61. The summed E-state index contributed by atoms with van der Waals surface area (Å²) in [5.41, 5.74) is 0.920. The van der Waals surface area contributed by atoms with Crippen LogP contribution in [0.15, 0.2) is 6.20 Å². The Balaban J connectivity index is 2.90. The fourth-order valence-electron chi connectivity index (χ4n) is 1.53. The lowest BCUT2D eigenvalue weighted by atomic mass is 10.2. The highest BCUT2D eigenvalue weighted by atomic mass is 32.2. The van der Waals surface area contributed by atoms with Crippen molar-refractivity contribution in [2.24, 2.45) is 5.92 Å². The number of nitrogens with one attached hydrogen (secondary N) is 3. The highest BCUT2D eigenvalue weighted by molar-refractivity contribution is 7.90. The third-order valence-electron chi connectivity index (χ3n) is 2.48. The Labute approximate surface area is 119 Å². The number of carbonyl (C=O) groups excluding carboxylic acids is 1. The topological polar surface area (TPSA) is 100 Å². The van der Waals surface area contributed by atoms with Crippen LogP contribution in [-0.2, 0) is 14.9 Å². The smallest absolute Gasteiger partial charge is 0.342 e. The average molecular weight is 303 g/mol. The van der Waals surface area contributed by atoms with E-state index >= 15 is 0 Å². The molecule has 8 heteroatoms. The Hall–Kier alpha value is -1.54. The minimum Gasteiger partial charge on any atom is -0.462 e. The molecule has 0 aliphatic heterocycles. The maximum Gasteiger partial charge on any atom is 0.342 e. The Bertz CT molecular complexity index is 563. The molecule has 3 N–H and O–H groups in total. The van der Waals surface area contributed by atoms with E-state index in [2.05, 4.69) is 14.4 Å². The molecule has 0 atom stereocenters. The zero-order valence-electron chi connectivity index (χ0n) is 12.1. The number of carbonyl (C=O) groups is 1. The van der Waals surface area contributed by atoms with Crippen LogP contribution >= 0.6 is 0 Å². The molecule has 20 heavy (non-hydrogen) atoms. The molecule has 0 bridgehead atoms. The first-order chi connectivity index (χ1) is 9.26. The molecule has 7 nitrogen and oxygen atoms in total. The second-order valence-electron chi connectivity index (χ2n) is 4.77. The molecule has 0 aliphatic carbocycles. The summed E-state index contributed by atoms with van der Waals surface area (Å²) in [4.78, 5) is 14.6. The predicted molar refractivity (Wildman–Crippen MR) is 76.9 cm³/mol. The molecular formula is C12H21N3O4S. The Morgan fingerprint density at radius 1 is 1.45 bits per heavy atom. The van der Waals surface area contributed by atoms with Gasteiger partial charge in [0.25, 0.3) is 10.2 Å². The van der Waals surface area contributed by atoms with Crippen molar-refractivity contribution in [1.29, 1.82) is 0 Å². The molecule has 1 heterocycles. The molecule has 1 aromatic heterocycles. The van der Waals surface area contributed by atoms with Gasteiger partial charge in [0.15, 0.2) is 0 Å². The first-order valence-corrected chi connectivity index (χ1v) is 7.87. The quantitative estimate of drug-likeness (QED) is 0.663. The minimum atomic E-state index is -3.72. The van der Waals surface area contributed by atoms with E-state index in [0.717, 1.165) is 0 Å². The summed E-state index contributed by atoms with van der Waals surface area (Å²) in [7, 11) is -3.72. The summed E-state index contributed by atoms with van der Waals surface area (Å²) < 4.78 is 33.4. The summed E-state index contributed by atoms with van der Waals surface area (Å²) in [5, 5.41) is 0. The first-order valence-electron chi connectivity index (χ1n) is 6.39. The van der Waals surface area contributed by atoms with Crippen molar-refractivity contribution >= 4 is 21.9 Å². The van der Waals surface area contributed by atoms with Crippen LogP contribution < -0.4 is 9.44 Å². The number of rotatable bonds is 7. The summed E-state index contributed by atoms with van der Waals surface area (Å²) in [6, 6.07) is 0. The van der Waals surface area contributed by atoms with Crippen molar-refractivity contribution in [2.75, 3.05) is 17.9 Å². The van der Waals surface area contributed by atoms with Crippen LogP contribution in [0.3, 0.4) is 0 Å². The molecule has 1 aromatic rings. The van der Waals surface area contributed by atoms with Crippen molar-refractivity contribution in [3.8, 4) is 0 Å². The molecule has 0 saturated carbocycles. The van der Waals surface area contributed by atoms with Gasteiger partial charge in [-0.2, -0.15) is 13.1 Å². The Morgan fingerprint density at radius 3 is 2.65 bits per heavy atom. The zero-order valence-corrected chi connectivity index (χ0v) is 12.9. The van der Waals surface area contributed by atoms with E-state index in [1.54, 1.807) is 13.8 Å². The number of esters is 1. The monoisotopic (exact) mass is 303 g/mol. The molecule has 0 fully saturated rings. The maximum atomic E-state index is 11.9. The van der Waals surface area contributed by atoms with Crippen LogP contribution in [0.5, 0.6) is 0 Å². The number of aryl methyl sites for hydroxylation is 1. The average Bonchev–Trinajstić information content (AvgIpc) is 2.68. The van der Waals surface area contributed by atoms with Crippen LogP contribution in [-0.4, -0.2) is 32.5 Å². The van der Waals surface area contributed by atoms with E-state index in [-0.39, 0.29) is 23.8 Å². The van der Waals surface area contributed by atoms with Gasteiger partial charge in [0.2, 0.25) is 0 Å². The number of ether oxygens (including phenoxy) is 1. The SMILES string of the molecule is CCOC(=O)c1c(NS(=O)(=O)NCC(C)C)c[nH]c1C. The van der Waals surface area contributed by atoms with Crippen LogP contribution in [0, 0.1) is 12.8 Å².